The SMILES string of the molecule is COc1cc(-c2nn(C)c(OC(F)F)c2Cl)c(F)cc1Cl. The normalized spacial score (nSPS) is 11.0. The predicted molar refractivity (Wildman–Crippen MR) is 71.8 cm³/mol. The van der Waals surface area contributed by atoms with E-state index in [9.17, 15) is 13.2 Å². The van der Waals surface area contributed by atoms with Gasteiger partial charge in [0.15, 0.2) is 0 Å². The molecule has 0 fully saturated rings. The van der Waals surface area contributed by atoms with E-state index in [0.29, 0.717) is 0 Å². The highest BCUT2D eigenvalue weighted by atomic mass is 35.5. The first-order valence-corrected chi connectivity index (χ1v) is 6.31. The Morgan fingerprint density at radius 2 is 1.95 bits per heavy atom. The molecule has 4 nitrogen and oxygen atoms in total. The second kappa shape index (κ2) is 6.03. The highest BCUT2D eigenvalue weighted by Gasteiger charge is 2.23. The van der Waals surface area contributed by atoms with Gasteiger partial charge in [-0.05, 0) is 12.1 Å². The van der Waals surface area contributed by atoms with Crippen LogP contribution in [0.3, 0.4) is 0 Å². The first-order chi connectivity index (χ1) is 9.85. The third kappa shape index (κ3) is 3.03. The maximum Gasteiger partial charge on any atom is 0.388 e. The fraction of sp³-hybridized carbons (Fsp3) is 0.250. The van der Waals surface area contributed by atoms with E-state index in [1.807, 2.05) is 0 Å². The highest BCUT2D eigenvalue weighted by Crippen LogP contribution is 2.39. The average molecular weight is 341 g/mol. The van der Waals surface area contributed by atoms with E-state index in [4.69, 9.17) is 27.9 Å². The average Bonchev–Trinajstić information content (AvgIpc) is 2.66. The lowest BCUT2D eigenvalue weighted by molar-refractivity contribution is -0.0552. The van der Waals surface area contributed by atoms with Gasteiger partial charge in [-0.3, -0.25) is 0 Å². The zero-order chi connectivity index (χ0) is 15.7. The molecule has 0 unspecified atom stereocenters. The number of rotatable bonds is 4. The molecule has 0 amide bonds. The number of aromatic nitrogens is 2. The number of nitrogens with zero attached hydrogens (tertiary/aromatic N) is 2. The number of hydrogen-bond acceptors (Lipinski definition) is 3. The number of aryl methyl sites for hydroxylation is 1. The van der Waals surface area contributed by atoms with Crippen molar-refractivity contribution in [3.05, 3.63) is 28.0 Å². The van der Waals surface area contributed by atoms with E-state index in [1.54, 1.807) is 0 Å². The van der Waals surface area contributed by atoms with Crippen LogP contribution in [0.15, 0.2) is 12.1 Å². The summed E-state index contributed by atoms with van der Waals surface area (Å²) in [6.45, 7) is -3.07. The number of hydrogen-bond donors (Lipinski definition) is 0. The molecule has 114 valence electrons. The summed E-state index contributed by atoms with van der Waals surface area (Å²) in [5.74, 6) is -0.884. The van der Waals surface area contributed by atoms with Gasteiger partial charge in [0.05, 0.1) is 12.1 Å². The lowest BCUT2D eigenvalue weighted by Crippen LogP contribution is -2.06. The van der Waals surface area contributed by atoms with Crippen LogP contribution in [0.4, 0.5) is 13.2 Å². The fourth-order valence-corrected chi connectivity index (χ4v) is 2.27. The number of ether oxygens (including phenoxy) is 2. The summed E-state index contributed by atoms with van der Waals surface area (Å²) in [5, 5.41) is 3.72. The van der Waals surface area contributed by atoms with Gasteiger partial charge < -0.3 is 9.47 Å². The summed E-state index contributed by atoms with van der Waals surface area (Å²) in [4.78, 5) is 0. The van der Waals surface area contributed by atoms with Crippen LogP contribution in [0.5, 0.6) is 11.6 Å². The molecule has 0 aliphatic carbocycles. The maximum atomic E-state index is 14.0. The van der Waals surface area contributed by atoms with Crippen molar-refractivity contribution in [3.8, 4) is 22.9 Å². The second-order valence-electron chi connectivity index (χ2n) is 3.94. The molecule has 1 heterocycles. The number of methoxy groups -OCH3 is 1. The first-order valence-electron chi connectivity index (χ1n) is 5.55. The molecule has 0 radical (unpaired) electrons. The lowest BCUT2D eigenvalue weighted by Gasteiger charge is -2.07. The summed E-state index contributed by atoms with van der Waals surface area (Å²) < 4.78 is 48.8. The quantitative estimate of drug-likeness (QED) is 0.839. The van der Waals surface area contributed by atoms with Gasteiger partial charge in [0.25, 0.3) is 0 Å². The Bertz CT molecular complexity index is 677. The molecular weight excluding hydrogens is 332 g/mol. The van der Waals surface area contributed by atoms with Crippen LogP contribution in [-0.4, -0.2) is 23.5 Å². The number of halogens is 5. The van der Waals surface area contributed by atoms with Gasteiger partial charge in [-0.2, -0.15) is 13.9 Å². The molecule has 9 heteroatoms. The molecule has 0 saturated heterocycles. The van der Waals surface area contributed by atoms with E-state index >= 15 is 0 Å². The van der Waals surface area contributed by atoms with Gasteiger partial charge >= 0.3 is 6.61 Å². The standard InChI is InChI=1S/C12H9Cl2F3N2O2/c1-19-11(21-12(16)17)9(14)10(18-19)5-3-8(20-2)6(13)4-7(5)15/h3-4,12H,1-2H3. The number of alkyl halides is 2. The van der Waals surface area contributed by atoms with Crippen molar-refractivity contribution in [1.82, 2.24) is 9.78 Å². The minimum atomic E-state index is -3.07. The summed E-state index contributed by atoms with van der Waals surface area (Å²) in [6, 6.07) is 2.30. The Labute approximate surface area is 128 Å². The summed E-state index contributed by atoms with van der Waals surface area (Å²) in [7, 11) is 2.70. The van der Waals surface area contributed by atoms with Crippen LogP contribution < -0.4 is 9.47 Å². The van der Waals surface area contributed by atoms with Crippen molar-refractivity contribution >= 4 is 23.2 Å². The molecule has 0 bridgehead atoms. The molecule has 2 aromatic rings. The maximum absolute atomic E-state index is 14.0. The Balaban J connectivity index is 2.57. The Hall–Kier alpha value is -1.60. The summed E-state index contributed by atoms with van der Waals surface area (Å²) >= 11 is 11.7. The molecule has 2 rings (SSSR count). The molecule has 1 aromatic heterocycles. The van der Waals surface area contributed by atoms with Crippen molar-refractivity contribution in [2.24, 2.45) is 7.05 Å². The molecule has 0 aliphatic heterocycles. The van der Waals surface area contributed by atoms with E-state index in [2.05, 4.69) is 9.84 Å². The molecule has 21 heavy (non-hydrogen) atoms. The third-order valence-electron chi connectivity index (χ3n) is 2.64. The van der Waals surface area contributed by atoms with Crippen molar-refractivity contribution in [1.29, 1.82) is 0 Å². The van der Waals surface area contributed by atoms with Crippen LogP contribution in [0.2, 0.25) is 10.0 Å². The molecular formula is C12H9Cl2F3N2O2. The summed E-state index contributed by atoms with van der Waals surface area (Å²) in [6.07, 6.45) is 0. The van der Waals surface area contributed by atoms with E-state index in [0.717, 1.165) is 10.7 Å². The summed E-state index contributed by atoms with van der Waals surface area (Å²) in [5.41, 5.74) is -0.0942. The van der Waals surface area contributed by atoms with Gasteiger partial charge in [-0.1, -0.05) is 23.2 Å². The smallest absolute Gasteiger partial charge is 0.388 e. The molecule has 0 aliphatic rings. The van der Waals surface area contributed by atoms with Crippen LogP contribution in [0.1, 0.15) is 0 Å². The topological polar surface area (TPSA) is 36.3 Å². The Morgan fingerprint density at radius 3 is 2.52 bits per heavy atom. The van der Waals surface area contributed by atoms with Crippen LogP contribution in [0, 0.1) is 5.82 Å². The van der Waals surface area contributed by atoms with Crippen LogP contribution in [0.25, 0.3) is 11.3 Å². The Kier molecular flexibility index (Phi) is 4.53. The fourth-order valence-electron chi connectivity index (χ4n) is 1.73. The minimum absolute atomic E-state index is 0.0408. The first kappa shape index (κ1) is 15.8. The van der Waals surface area contributed by atoms with Gasteiger partial charge in [0.2, 0.25) is 5.88 Å². The second-order valence-corrected chi connectivity index (χ2v) is 4.72. The van der Waals surface area contributed by atoms with Gasteiger partial charge in [-0.25, -0.2) is 9.07 Å². The number of benzene rings is 1. The van der Waals surface area contributed by atoms with E-state index in [-0.39, 0.29) is 32.9 Å². The third-order valence-corrected chi connectivity index (χ3v) is 3.27. The van der Waals surface area contributed by atoms with Crippen LogP contribution >= 0.6 is 23.2 Å². The minimum Gasteiger partial charge on any atom is -0.495 e. The molecule has 0 spiro atoms. The van der Waals surface area contributed by atoms with Crippen molar-refractivity contribution in [2.75, 3.05) is 7.11 Å². The van der Waals surface area contributed by atoms with Gasteiger partial charge in [0, 0.05) is 12.6 Å². The monoisotopic (exact) mass is 340 g/mol. The van der Waals surface area contributed by atoms with Crippen LogP contribution in [-0.2, 0) is 7.05 Å². The highest BCUT2D eigenvalue weighted by molar-refractivity contribution is 6.34. The zero-order valence-electron chi connectivity index (χ0n) is 10.8. The zero-order valence-corrected chi connectivity index (χ0v) is 12.3. The van der Waals surface area contributed by atoms with E-state index in [1.165, 1.54) is 20.2 Å². The largest absolute Gasteiger partial charge is 0.495 e. The van der Waals surface area contributed by atoms with Gasteiger partial charge in [0.1, 0.15) is 22.3 Å². The van der Waals surface area contributed by atoms with Crippen molar-refractivity contribution in [3.63, 3.8) is 0 Å². The van der Waals surface area contributed by atoms with E-state index < -0.39 is 12.4 Å². The van der Waals surface area contributed by atoms with Crippen molar-refractivity contribution in [2.45, 2.75) is 6.61 Å². The molecule has 0 atom stereocenters. The van der Waals surface area contributed by atoms with Gasteiger partial charge in [-0.15, -0.1) is 0 Å². The molecule has 1 aromatic carbocycles. The molecule has 0 N–H and O–H groups in total. The van der Waals surface area contributed by atoms with Crippen molar-refractivity contribution < 1.29 is 22.6 Å². The predicted octanol–water partition coefficient (Wildman–Crippen LogP) is 4.14. The Morgan fingerprint density at radius 1 is 1.29 bits per heavy atom. The molecule has 0 saturated carbocycles. The lowest BCUT2D eigenvalue weighted by atomic mass is 10.1.